The first kappa shape index (κ1) is 25.5. The van der Waals surface area contributed by atoms with Gasteiger partial charge in [0.05, 0.1) is 0 Å². The highest BCUT2D eigenvalue weighted by Crippen LogP contribution is 2.36. The number of ketones is 1. The van der Waals surface area contributed by atoms with Gasteiger partial charge in [0, 0.05) is 41.5 Å². The van der Waals surface area contributed by atoms with Crippen molar-refractivity contribution in [3.05, 3.63) is 83.0 Å². The first-order valence-electron chi connectivity index (χ1n) is 13.8. The number of benzene rings is 2. The van der Waals surface area contributed by atoms with Crippen molar-refractivity contribution in [3.8, 4) is 11.6 Å². The molecule has 2 aliphatic rings. The Morgan fingerprint density at radius 3 is 2.51 bits per heavy atom. The van der Waals surface area contributed by atoms with E-state index >= 15 is 0 Å². The Morgan fingerprint density at radius 2 is 1.81 bits per heavy atom. The van der Waals surface area contributed by atoms with Crippen LogP contribution in [0.25, 0.3) is 0 Å². The van der Waals surface area contributed by atoms with E-state index in [1.165, 1.54) is 12.0 Å². The van der Waals surface area contributed by atoms with E-state index in [-0.39, 0.29) is 5.92 Å². The van der Waals surface area contributed by atoms with Crippen LogP contribution in [0, 0.1) is 19.8 Å². The predicted molar refractivity (Wildman–Crippen MR) is 150 cm³/mol. The highest BCUT2D eigenvalue weighted by molar-refractivity contribution is 5.98. The van der Waals surface area contributed by atoms with Crippen LogP contribution in [0.4, 0.5) is 5.69 Å². The summed E-state index contributed by atoms with van der Waals surface area (Å²) in [5, 5.41) is 3.68. The Balaban J connectivity index is 1.14. The highest BCUT2D eigenvalue weighted by atomic mass is 16.5. The molecule has 1 atom stereocenters. The van der Waals surface area contributed by atoms with Gasteiger partial charge in [-0.1, -0.05) is 30.7 Å². The lowest BCUT2D eigenvalue weighted by atomic mass is 9.80. The fourth-order valence-corrected chi connectivity index (χ4v) is 5.61. The molecule has 1 unspecified atom stereocenters. The number of Topliss-reactive ketones (excluding diaryl/α,β-unsaturated/α-hetero) is 1. The Morgan fingerprint density at radius 1 is 1.03 bits per heavy atom. The first-order chi connectivity index (χ1) is 18.0. The molecule has 0 radical (unpaired) electrons. The van der Waals surface area contributed by atoms with Crippen molar-refractivity contribution in [1.82, 2.24) is 9.88 Å². The van der Waals surface area contributed by atoms with Gasteiger partial charge in [-0.05, 0) is 107 Å². The van der Waals surface area contributed by atoms with Crippen molar-refractivity contribution in [1.29, 1.82) is 0 Å². The monoisotopic (exact) mass is 497 g/mol. The minimum Gasteiger partial charge on any atom is -0.439 e. The number of pyridine rings is 1. The molecule has 1 aromatic heterocycles. The molecule has 5 heteroatoms. The Kier molecular flexibility index (Phi) is 7.90. The molecule has 3 aromatic rings. The lowest BCUT2D eigenvalue weighted by molar-refractivity contribution is 0.0855. The van der Waals surface area contributed by atoms with Gasteiger partial charge in [0.25, 0.3) is 0 Å². The molecule has 2 fully saturated rings. The van der Waals surface area contributed by atoms with Crippen molar-refractivity contribution >= 4 is 11.5 Å². The number of rotatable bonds is 9. The standard InChI is InChI=1S/C32H39N3O2/c1-22-20-27(32(36)26-9-7-10-26)14-15-29(22)33-24(3)21-35-18-16-25(17-19-35)28-11-4-5-12-30(28)37-31-13-6-8-23(2)34-31/h4-6,8,11-15,20,24-26,33H,7,9-10,16-19,21H2,1-3H3. The van der Waals surface area contributed by atoms with Crippen LogP contribution in [0.2, 0.25) is 0 Å². The summed E-state index contributed by atoms with van der Waals surface area (Å²) in [6.45, 7) is 9.47. The summed E-state index contributed by atoms with van der Waals surface area (Å²) in [7, 11) is 0. The largest absolute Gasteiger partial charge is 0.439 e. The number of hydrogen-bond donors (Lipinski definition) is 1. The lowest BCUT2D eigenvalue weighted by Gasteiger charge is -2.34. The van der Waals surface area contributed by atoms with Gasteiger partial charge in [-0.2, -0.15) is 0 Å². The van der Waals surface area contributed by atoms with Gasteiger partial charge in [-0.25, -0.2) is 4.98 Å². The second-order valence-electron chi connectivity index (χ2n) is 10.9. The van der Waals surface area contributed by atoms with Crippen LogP contribution in [0.15, 0.2) is 60.7 Å². The maximum absolute atomic E-state index is 12.6. The highest BCUT2D eigenvalue weighted by Gasteiger charge is 2.27. The van der Waals surface area contributed by atoms with Gasteiger partial charge in [0.1, 0.15) is 5.75 Å². The number of aryl methyl sites for hydroxylation is 2. The van der Waals surface area contributed by atoms with E-state index in [2.05, 4.69) is 59.4 Å². The van der Waals surface area contributed by atoms with Crippen molar-refractivity contribution in [3.63, 3.8) is 0 Å². The van der Waals surface area contributed by atoms with Crippen LogP contribution in [0.1, 0.15) is 72.1 Å². The van der Waals surface area contributed by atoms with E-state index in [9.17, 15) is 4.79 Å². The molecule has 0 amide bonds. The van der Waals surface area contributed by atoms with Crippen LogP contribution in [0.5, 0.6) is 11.6 Å². The number of aromatic nitrogens is 1. The topological polar surface area (TPSA) is 54.5 Å². The summed E-state index contributed by atoms with van der Waals surface area (Å²) in [6, 6.07) is 20.8. The van der Waals surface area contributed by atoms with Crippen LogP contribution in [-0.2, 0) is 0 Å². The minimum atomic E-state index is 0.248. The van der Waals surface area contributed by atoms with E-state index in [4.69, 9.17) is 4.74 Å². The van der Waals surface area contributed by atoms with Crippen LogP contribution >= 0.6 is 0 Å². The molecular weight excluding hydrogens is 458 g/mol. The second-order valence-corrected chi connectivity index (χ2v) is 10.9. The summed E-state index contributed by atoms with van der Waals surface area (Å²) < 4.78 is 6.20. The molecule has 5 nitrogen and oxygen atoms in total. The van der Waals surface area contributed by atoms with Crippen molar-refractivity contribution in [2.24, 2.45) is 5.92 Å². The average Bonchev–Trinajstić information content (AvgIpc) is 2.85. The van der Waals surface area contributed by atoms with Crippen molar-refractivity contribution in [2.75, 3.05) is 25.0 Å². The average molecular weight is 498 g/mol. The third kappa shape index (κ3) is 6.22. The molecule has 1 aliphatic carbocycles. The number of nitrogens with one attached hydrogen (secondary N) is 1. The van der Waals surface area contributed by atoms with Gasteiger partial charge in [-0.3, -0.25) is 4.79 Å². The fourth-order valence-electron chi connectivity index (χ4n) is 5.61. The van der Waals surface area contributed by atoms with Gasteiger partial charge in [-0.15, -0.1) is 0 Å². The summed E-state index contributed by atoms with van der Waals surface area (Å²) in [5.41, 5.74) is 5.38. The molecule has 2 heterocycles. The number of likely N-dealkylation sites (tertiary alicyclic amines) is 1. The quantitative estimate of drug-likeness (QED) is 0.318. The van der Waals surface area contributed by atoms with Crippen LogP contribution < -0.4 is 10.1 Å². The summed E-state index contributed by atoms with van der Waals surface area (Å²) in [6.07, 6.45) is 5.52. The molecule has 0 spiro atoms. The van der Waals surface area contributed by atoms with Gasteiger partial charge in [0.2, 0.25) is 5.88 Å². The normalized spacial score (nSPS) is 17.7. The molecule has 0 bridgehead atoms. The molecular formula is C32H39N3O2. The van der Waals surface area contributed by atoms with E-state index in [0.717, 1.165) is 73.6 Å². The van der Waals surface area contributed by atoms with Crippen LogP contribution in [-0.4, -0.2) is 41.3 Å². The minimum absolute atomic E-state index is 0.248. The maximum Gasteiger partial charge on any atom is 0.219 e. The zero-order valence-corrected chi connectivity index (χ0v) is 22.4. The van der Waals surface area contributed by atoms with Gasteiger partial charge < -0.3 is 15.0 Å². The van der Waals surface area contributed by atoms with E-state index in [1.807, 2.05) is 37.3 Å². The van der Waals surface area contributed by atoms with Crippen molar-refractivity contribution < 1.29 is 9.53 Å². The molecule has 37 heavy (non-hydrogen) atoms. The number of piperidine rings is 1. The summed E-state index contributed by atoms with van der Waals surface area (Å²) >= 11 is 0. The zero-order chi connectivity index (χ0) is 25.8. The van der Waals surface area contributed by atoms with E-state index < -0.39 is 0 Å². The first-order valence-corrected chi connectivity index (χ1v) is 13.8. The third-order valence-electron chi connectivity index (χ3n) is 7.94. The molecule has 1 saturated carbocycles. The molecule has 1 N–H and O–H groups in total. The third-order valence-corrected chi connectivity index (χ3v) is 7.94. The SMILES string of the molecule is Cc1cccc(Oc2ccccc2C2CCN(CC(C)Nc3ccc(C(=O)C4CCC4)cc3C)CC2)n1. The molecule has 5 rings (SSSR count). The van der Waals surface area contributed by atoms with Crippen LogP contribution in [0.3, 0.4) is 0 Å². The number of para-hydroxylation sites is 1. The number of carbonyl (C=O) groups is 1. The van der Waals surface area contributed by atoms with Gasteiger partial charge in [0.15, 0.2) is 5.78 Å². The lowest BCUT2D eigenvalue weighted by Crippen LogP contribution is -2.40. The fraction of sp³-hybridized carbons (Fsp3) is 0.438. The number of carbonyl (C=O) groups excluding carboxylic acids is 1. The number of anilines is 1. The summed E-state index contributed by atoms with van der Waals surface area (Å²) in [4.78, 5) is 19.7. The van der Waals surface area contributed by atoms with E-state index in [0.29, 0.717) is 23.6 Å². The smallest absolute Gasteiger partial charge is 0.219 e. The van der Waals surface area contributed by atoms with Gasteiger partial charge >= 0.3 is 0 Å². The Hall–Kier alpha value is -3.18. The number of nitrogens with zero attached hydrogens (tertiary/aromatic N) is 2. The Labute approximate surface area is 221 Å². The molecule has 1 saturated heterocycles. The molecule has 1 aliphatic heterocycles. The Bertz CT molecular complexity index is 1230. The summed E-state index contributed by atoms with van der Waals surface area (Å²) in [5.74, 6) is 2.63. The zero-order valence-electron chi connectivity index (χ0n) is 22.4. The van der Waals surface area contributed by atoms with E-state index in [1.54, 1.807) is 0 Å². The second kappa shape index (κ2) is 11.5. The maximum atomic E-state index is 12.6. The molecule has 2 aromatic carbocycles. The number of ether oxygens (including phenoxy) is 1. The molecule has 194 valence electrons. The predicted octanol–water partition coefficient (Wildman–Crippen LogP) is 7.15. The van der Waals surface area contributed by atoms with Crippen molar-refractivity contribution in [2.45, 2.75) is 64.8 Å². The number of hydrogen-bond acceptors (Lipinski definition) is 5.